The van der Waals surface area contributed by atoms with Gasteiger partial charge in [0.2, 0.25) is 0 Å². The molecular weight excluding hydrogens is 198 g/mol. The Morgan fingerprint density at radius 1 is 1.40 bits per heavy atom. The van der Waals surface area contributed by atoms with Crippen LogP contribution in [0.25, 0.3) is 0 Å². The quantitative estimate of drug-likeness (QED) is 0.478. The van der Waals surface area contributed by atoms with E-state index < -0.39 is 17.8 Å². The van der Waals surface area contributed by atoms with E-state index in [0.29, 0.717) is 11.5 Å². The van der Waals surface area contributed by atoms with Crippen LogP contribution < -0.4 is 0 Å². The fourth-order valence-electron chi connectivity index (χ4n) is 0.842. The van der Waals surface area contributed by atoms with Crippen LogP contribution in [-0.2, 0) is 19.2 Å². The molecule has 1 aliphatic heterocycles. The third-order valence-electron chi connectivity index (χ3n) is 1.51. The van der Waals surface area contributed by atoms with Gasteiger partial charge >= 0.3 is 5.97 Å². The van der Waals surface area contributed by atoms with Gasteiger partial charge in [0.1, 0.15) is 0 Å². The number of carbonyl (C=O) groups is 3. The van der Waals surface area contributed by atoms with Crippen LogP contribution in [0.2, 0.25) is 0 Å². The second-order valence-electron chi connectivity index (χ2n) is 2.73. The summed E-state index contributed by atoms with van der Waals surface area (Å²) in [6.45, 7) is 1.91. The molecule has 0 radical (unpaired) electrons. The van der Waals surface area contributed by atoms with E-state index in [1.165, 1.54) is 0 Å². The lowest BCUT2D eigenvalue weighted by Crippen LogP contribution is -2.32. The fraction of sp³-hybridized carbons (Fsp3) is 0.300. The first-order valence-electron chi connectivity index (χ1n) is 4.42. The molecule has 5 nitrogen and oxygen atoms in total. The molecule has 0 aliphatic carbocycles. The normalized spacial score (nSPS) is 13.8. The van der Waals surface area contributed by atoms with Crippen LogP contribution in [0.15, 0.2) is 12.2 Å². The number of amides is 2. The number of hydroxylamine groups is 2. The van der Waals surface area contributed by atoms with Crippen LogP contribution in [-0.4, -0.2) is 22.8 Å². The van der Waals surface area contributed by atoms with E-state index in [0.717, 1.165) is 18.6 Å². The molecule has 15 heavy (non-hydrogen) atoms. The first-order valence-corrected chi connectivity index (χ1v) is 4.42. The summed E-state index contributed by atoms with van der Waals surface area (Å²) in [5, 5.41) is 0.378. The highest BCUT2D eigenvalue weighted by Gasteiger charge is 2.27. The molecular formula is C10H9NO4. The van der Waals surface area contributed by atoms with Gasteiger partial charge in [0, 0.05) is 24.5 Å². The molecule has 1 rings (SSSR count). The van der Waals surface area contributed by atoms with Gasteiger partial charge in [0.25, 0.3) is 11.8 Å². The number of hydrogen-bond donors (Lipinski definition) is 0. The molecule has 0 saturated heterocycles. The molecule has 5 heteroatoms. The molecule has 0 bridgehead atoms. The molecule has 1 aliphatic rings. The number of imide groups is 1. The van der Waals surface area contributed by atoms with E-state index in [2.05, 4.69) is 16.7 Å². The summed E-state index contributed by atoms with van der Waals surface area (Å²) in [5.41, 5.74) is 0. The average molecular weight is 207 g/mol. The van der Waals surface area contributed by atoms with Crippen molar-refractivity contribution in [1.82, 2.24) is 5.06 Å². The van der Waals surface area contributed by atoms with E-state index in [9.17, 15) is 14.4 Å². The lowest BCUT2D eigenvalue weighted by molar-refractivity contribution is -0.191. The molecule has 0 N–H and O–H groups in total. The summed E-state index contributed by atoms with van der Waals surface area (Å²) in [4.78, 5) is 37.3. The minimum atomic E-state index is -0.908. The Morgan fingerprint density at radius 2 is 2.00 bits per heavy atom. The Hall–Kier alpha value is -2.09. The zero-order chi connectivity index (χ0) is 11.3. The maximum absolute atomic E-state index is 11.0. The number of rotatable bonds is 2. The number of carbonyl (C=O) groups excluding carboxylic acids is 3. The first-order chi connectivity index (χ1) is 7.15. The van der Waals surface area contributed by atoms with Crippen LogP contribution in [0.1, 0.15) is 19.8 Å². The Morgan fingerprint density at radius 3 is 2.53 bits per heavy atom. The van der Waals surface area contributed by atoms with Crippen molar-refractivity contribution in [3.05, 3.63) is 12.2 Å². The van der Waals surface area contributed by atoms with Crippen molar-refractivity contribution >= 4 is 17.8 Å². The maximum atomic E-state index is 11.0. The van der Waals surface area contributed by atoms with Gasteiger partial charge < -0.3 is 4.84 Å². The Labute approximate surface area is 86.6 Å². The molecule has 0 saturated carbocycles. The smallest absolute Gasteiger partial charge is 0.317 e. The Balaban J connectivity index is 2.50. The summed E-state index contributed by atoms with van der Waals surface area (Å²) in [6.07, 6.45) is 3.43. The highest BCUT2D eigenvalue weighted by Crippen LogP contribution is 2.03. The van der Waals surface area contributed by atoms with Gasteiger partial charge in [-0.05, 0) is 6.42 Å². The Kier molecular flexibility index (Phi) is 3.63. The van der Waals surface area contributed by atoms with Crippen molar-refractivity contribution in [1.29, 1.82) is 0 Å². The number of nitrogens with zero attached hydrogens (tertiary/aromatic N) is 1. The fourth-order valence-corrected chi connectivity index (χ4v) is 0.842. The lowest BCUT2D eigenvalue weighted by Gasteiger charge is -2.09. The van der Waals surface area contributed by atoms with Gasteiger partial charge in [-0.2, -0.15) is 0 Å². The van der Waals surface area contributed by atoms with Crippen molar-refractivity contribution in [3.8, 4) is 11.8 Å². The van der Waals surface area contributed by atoms with Gasteiger partial charge in [0.05, 0.1) is 0 Å². The summed E-state index contributed by atoms with van der Waals surface area (Å²) >= 11 is 0. The minimum Gasteiger partial charge on any atom is -0.317 e. The molecule has 0 aromatic heterocycles. The van der Waals surface area contributed by atoms with Crippen molar-refractivity contribution in [2.24, 2.45) is 0 Å². The average Bonchev–Trinajstić information content (AvgIpc) is 2.50. The topological polar surface area (TPSA) is 63.7 Å². The Bertz CT molecular complexity index is 368. The number of unbranched alkanes of at least 4 members (excludes halogenated alkanes) is 1. The van der Waals surface area contributed by atoms with E-state index in [1.54, 1.807) is 0 Å². The molecule has 0 atom stereocenters. The van der Waals surface area contributed by atoms with Crippen LogP contribution in [0.4, 0.5) is 0 Å². The van der Waals surface area contributed by atoms with E-state index >= 15 is 0 Å². The highest BCUT2D eigenvalue weighted by atomic mass is 16.7. The molecule has 78 valence electrons. The predicted octanol–water partition coefficient (Wildman–Crippen LogP) is 0.173. The largest absolute Gasteiger partial charge is 0.409 e. The first kappa shape index (κ1) is 11.0. The van der Waals surface area contributed by atoms with Crippen LogP contribution in [0.3, 0.4) is 0 Å². The lowest BCUT2D eigenvalue weighted by atomic mass is 10.3. The molecule has 2 amide bonds. The summed E-state index contributed by atoms with van der Waals surface area (Å²) in [5.74, 6) is 2.45. The minimum absolute atomic E-state index is 0.378. The van der Waals surface area contributed by atoms with Crippen molar-refractivity contribution < 1.29 is 19.2 Å². The third kappa shape index (κ3) is 2.95. The van der Waals surface area contributed by atoms with Crippen LogP contribution in [0.5, 0.6) is 0 Å². The van der Waals surface area contributed by atoms with E-state index in [1.807, 2.05) is 6.92 Å². The van der Waals surface area contributed by atoms with Crippen molar-refractivity contribution in [2.45, 2.75) is 19.8 Å². The van der Waals surface area contributed by atoms with Crippen molar-refractivity contribution in [2.75, 3.05) is 0 Å². The standard InChI is InChI=1S/C10H9NO4/c1-2-3-4-5-10(14)15-11-8(12)6-7-9(11)13/h6-7H,2-3H2,1H3. The van der Waals surface area contributed by atoms with Crippen molar-refractivity contribution in [3.63, 3.8) is 0 Å². The van der Waals surface area contributed by atoms with E-state index in [-0.39, 0.29) is 0 Å². The van der Waals surface area contributed by atoms with Gasteiger partial charge in [-0.1, -0.05) is 17.9 Å². The SMILES string of the molecule is CCCC#CC(=O)ON1C(=O)C=CC1=O. The highest BCUT2D eigenvalue weighted by molar-refractivity contribution is 6.12. The second kappa shape index (κ2) is 4.96. The third-order valence-corrected chi connectivity index (χ3v) is 1.51. The summed E-state index contributed by atoms with van der Waals surface area (Å²) in [6, 6.07) is 0. The zero-order valence-electron chi connectivity index (χ0n) is 8.15. The maximum Gasteiger partial charge on any atom is 0.409 e. The monoisotopic (exact) mass is 207 g/mol. The zero-order valence-corrected chi connectivity index (χ0v) is 8.15. The molecule has 0 spiro atoms. The summed E-state index contributed by atoms with van der Waals surface area (Å²) in [7, 11) is 0. The number of hydrogen-bond acceptors (Lipinski definition) is 4. The van der Waals surface area contributed by atoms with Crippen LogP contribution >= 0.6 is 0 Å². The molecule has 0 fully saturated rings. The molecule has 0 aromatic rings. The summed E-state index contributed by atoms with van der Waals surface area (Å²) < 4.78 is 0. The molecule has 0 aromatic carbocycles. The predicted molar refractivity (Wildman–Crippen MR) is 49.8 cm³/mol. The second-order valence-corrected chi connectivity index (χ2v) is 2.73. The van der Waals surface area contributed by atoms with Gasteiger partial charge in [-0.3, -0.25) is 9.59 Å². The van der Waals surface area contributed by atoms with Crippen LogP contribution in [0, 0.1) is 11.8 Å². The van der Waals surface area contributed by atoms with E-state index in [4.69, 9.17) is 0 Å². The molecule has 0 unspecified atom stereocenters. The van der Waals surface area contributed by atoms with Gasteiger partial charge in [0.15, 0.2) is 0 Å². The molecule has 1 heterocycles. The van der Waals surface area contributed by atoms with Gasteiger partial charge in [-0.15, -0.1) is 0 Å². The van der Waals surface area contributed by atoms with Gasteiger partial charge in [-0.25, -0.2) is 4.79 Å².